The van der Waals surface area contributed by atoms with Gasteiger partial charge in [0.2, 0.25) is 5.78 Å². The number of phenols is 1. The van der Waals surface area contributed by atoms with Gasteiger partial charge in [0.1, 0.15) is 22.8 Å². The summed E-state index contributed by atoms with van der Waals surface area (Å²) in [5.41, 5.74) is -2.26. The van der Waals surface area contributed by atoms with Crippen LogP contribution in [0.5, 0.6) is 5.75 Å². The van der Waals surface area contributed by atoms with Gasteiger partial charge in [0.15, 0.2) is 23.0 Å². The third-order valence-electron chi connectivity index (χ3n) is 7.03. The van der Waals surface area contributed by atoms with Crippen molar-refractivity contribution in [3.63, 3.8) is 0 Å². The summed E-state index contributed by atoms with van der Waals surface area (Å²) in [6, 6.07) is 2.91. The highest BCUT2D eigenvalue weighted by molar-refractivity contribution is 6.25. The average Bonchev–Trinajstić information content (AvgIpc) is 2.71. The molecule has 0 saturated heterocycles. The van der Waals surface area contributed by atoms with Gasteiger partial charge in [-0.15, -0.1) is 0 Å². The van der Waals surface area contributed by atoms with Crippen LogP contribution in [-0.4, -0.2) is 74.7 Å². The molecule has 1 aromatic rings. The van der Waals surface area contributed by atoms with Crippen molar-refractivity contribution < 1.29 is 39.6 Å². The summed E-state index contributed by atoms with van der Waals surface area (Å²) in [6.07, 6.45) is 0.135. The highest BCUT2D eigenvalue weighted by atomic mass is 16.3. The van der Waals surface area contributed by atoms with E-state index in [1.807, 2.05) is 0 Å². The predicted octanol–water partition coefficient (Wildman–Crippen LogP) is 1.36. The second kappa shape index (κ2) is 8.18. The fraction of sp³-hybridized carbons (Fsp3) is 0.440. The first kappa shape index (κ1) is 23.8. The van der Waals surface area contributed by atoms with Gasteiger partial charge < -0.3 is 25.3 Å². The summed E-state index contributed by atoms with van der Waals surface area (Å²) in [6.45, 7) is 1.28. The highest BCUT2D eigenvalue weighted by Crippen LogP contribution is 2.51. The maximum atomic E-state index is 13.5. The van der Waals surface area contributed by atoms with Gasteiger partial charge >= 0.3 is 0 Å². The summed E-state index contributed by atoms with van der Waals surface area (Å²) >= 11 is 0. The number of allylic oxidation sites excluding steroid dienone is 2. The van der Waals surface area contributed by atoms with Gasteiger partial charge in [-0.25, -0.2) is 0 Å². The van der Waals surface area contributed by atoms with Crippen molar-refractivity contribution in [2.75, 3.05) is 20.6 Å². The topological polar surface area (TPSA) is 152 Å². The SMILES string of the molecule is CC(=O)C1=C(O)C[C@@H]2C[C@@H]3Cc4c(CC(=O)CN(C)C)ccc(O)c4C(=O)C3=C(O)[C@]2(O)C1=O. The second-order valence-corrected chi connectivity index (χ2v) is 9.65. The molecule has 0 unspecified atom stereocenters. The van der Waals surface area contributed by atoms with Crippen LogP contribution >= 0.6 is 0 Å². The number of nitrogens with zero attached hydrogens (tertiary/aromatic N) is 1. The highest BCUT2D eigenvalue weighted by Gasteiger charge is 2.59. The summed E-state index contributed by atoms with van der Waals surface area (Å²) in [4.78, 5) is 52.6. The Bertz CT molecular complexity index is 1210. The van der Waals surface area contributed by atoms with Crippen LogP contribution in [0.15, 0.2) is 34.8 Å². The number of aromatic hydroxyl groups is 1. The quantitative estimate of drug-likeness (QED) is 0.468. The van der Waals surface area contributed by atoms with E-state index in [-0.39, 0.29) is 54.9 Å². The van der Waals surface area contributed by atoms with Crippen molar-refractivity contribution >= 4 is 23.1 Å². The molecule has 0 radical (unpaired) electrons. The first-order valence-electron chi connectivity index (χ1n) is 11.1. The van der Waals surface area contributed by atoms with E-state index in [0.717, 1.165) is 6.92 Å². The van der Waals surface area contributed by atoms with E-state index in [2.05, 4.69) is 0 Å². The minimum atomic E-state index is -2.51. The number of Topliss-reactive ketones (excluding diaryl/α,β-unsaturated/α-hetero) is 4. The van der Waals surface area contributed by atoms with Crippen LogP contribution in [0.2, 0.25) is 0 Å². The summed E-state index contributed by atoms with van der Waals surface area (Å²) in [7, 11) is 3.53. The lowest BCUT2D eigenvalue weighted by Gasteiger charge is -2.45. The number of benzene rings is 1. The molecule has 34 heavy (non-hydrogen) atoms. The molecule has 0 heterocycles. The van der Waals surface area contributed by atoms with Gasteiger partial charge in [0, 0.05) is 24.3 Å². The normalized spacial score (nSPS) is 26.4. The van der Waals surface area contributed by atoms with E-state index in [1.54, 1.807) is 25.1 Å². The largest absolute Gasteiger partial charge is 0.511 e. The van der Waals surface area contributed by atoms with Crippen molar-refractivity contribution in [3.05, 3.63) is 51.5 Å². The second-order valence-electron chi connectivity index (χ2n) is 9.65. The fourth-order valence-corrected chi connectivity index (χ4v) is 5.58. The molecule has 3 aliphatic rings. The molecule has 4 rings (SSSR count). The molecule has 0 amide bonds. The van der Waals surface area contributed by atoms with Crippen molar-refractivity contribution in [2.24, 2.45) is 11.8 Å². The fourth-order valence-electron chi connectivity index (χ4n) is 5.58. The number of hydrogen-bond acceptors (Lipinski definition) is 9. The predicted molar refractivity (Wildman–Crippen MR) is 120 cm³/mol. The minimum Gasteiger partial charge on any atom is -0.511 e. The lowest BCUT2D eigenvalue weighted by Crippen LogP contribution is -2.56. The molecule has 9 heteroatoms. The Morgan fingerprint density at radius 3 is 2.41 bits per heavy atom. The molecule has 0 fully saturated rings. The first-order chi connectivity index (χ1) is 15.9. The first-order valence-corrected chi connectivity index (χ1v) is 11.1. The van der Waals surface area contributed by atoms with Gasteiger partial charge in [0.25, 0.3) is 0 Å². The Labute approximate surface area is 196 Å². The molecule has 180 valence electrons. The van der Waals surface area contributed by atoms with Crippen LogP contribution in [0.4, 0.5) is 0 Å². The van der Waals surface area contributed by atoms with Crippen LogP contribution in [0.1, 0.15) is 41.3 Å². The Morgan fingerprint density at radius 1 is 1.12 bits per heavy atom. The number of aliphatic hydroxyl groups is 3. The van der Waals surface area contributed by atoms with Gasteiger partial charge in [0.05, 0.1) is 12.1 Å². The van der Waals surface area contributed by atoms with Gasteiger partial charge in [-0.3, -0.25) is 19.2 Å². The van der Waals surface area contributed by atoms with E-state index in [4.69, 9.17) is 0 Å². The maximum Gasteiger partial charge on any atom is 0.209 e. The van der Waals surface area contributed by atoms with E-state index in [1.165, 1.54) is 6.07 Å². The maximum absolute atomic E-state index is 13.5. The summed E-state index contributed by atoms with van der Waals surface area (Å²) in [5.74, 6) is -5.84. The minimum absolute atomic E-state index is 0.0587. The molecule has 1 aromatic carbocycles. The Balaban J connectivity index is 1.82. The van der Waals surface area contributed by atoms with Crippen molar-refractivity contribution in [3.8, 4) is 5.75 Å². The van der Waals surface area contributed by atoms with Crippen LogP contribution in [0.3, 0.4) is 0 Å². The Morgan fingerprint density at radius 2 is 1.79 bits per heavy atom. The molecule has 3 atom stereocenters. The average molecular weight is 469 g/mol. The molecule has 0 saturated carbocycles. The number of aliphatic hydroxyl groups excluding tert-OH is 2. The van der Waals surface area contributed by atoms with Crippen LogP contribution in [0.25, 0.3) is 0 Å². The van der Waals surface area contributed by atoms with E-state index in [0.29, 0.717) is 11.1 Å². The zero-order chi connectivity index (χ0) is 25.1. The molecular weight excluding hydrogens is 442 g/mol. The molecule has 4 N–H and O–H groups in total. The van der Waals surface area contributed by atoms with Gasteiger partial charge in [-0.05, 0) is 57.0 Å². The van der Waals surface area contributed by atoms with E-state index in [9.17, 15) is 39.6 Å². The smallest absolute Gasteiger partial charge is 0.209 e. The summed E-state index contributed by atoms with van der Waals surface area (Å²) < 4.78 is 0. The van der Waals surface area contributed by atoms with E-state index >= 15 is 0 Å². The number of phenolic OH excluding ortho intramolecular Hbond substituents is 1. The molecule has 0 aromatic heterocycles. The Kier molecular flexibility index (Phi) is 5.73. The number of carbonyl (C=O) groups excluding carboxylic acids is 4. The van der Waals surface area contributed by atoms with E-state index < -0.39 is 51.9 Å². The van der Waals surface area contributed by atoms with Crippen molar-refractivity contribution in [2.45, 2.75) is 38.2 Å². The monoisotopic (exact) mass is 469 g/mol. The molecule has 9 nitrogen and oxygen atoms in total. The van der Waals surface area contributed by atoms with Crippen LogP contribution in [0, 0.1) is 11.8 Å². The number of hydrogen-bond donors (Lipinski definition) is 4. The lowest BCUT2D eigenvalue weighted by atomic mass is 9.60. The lowest BCUT2D eigenvalue weighted by molar-refractivity contribution is -0.144. The number of carbonyl (C=O) groups is 4. The zero-order valence-corrected chi connectivity index (χ0v) is 19.2. The Hall–Kier alpha value is -3.30. The molecule has 3 aliphatic carbocycles. The number of fused-ring (bicyclic) bond motifs is 3. The summed E-state index contributed by atoms with van der Waals surface area (Å²) in [5, 5.41) is 43.1. The van der Waals surface area contributed by atoms with Crippen LogP contribution in [-0.2, 0) is 27.2 Å². The number of ketones is 4. The van der Waals surface area contributed by atoms with Crippen molar-refractivity contribution in [1.82, 2.24) is 4.90 Å². The number of likely N-dealkylation sites (N-methyl/N-ethyl adjacent to an activating group) is 1. The molecule has 0 aliphatic heterocycles. The third-order valence-corrected chi connectivity index (χ3v) is 7.03. The molecule has 0 bridgehead atoms. The van der Waals surface area contributed by atoms with Gasteiger partial charge in [-0.1, -0.05) is 6.07 Å². The molecular formula is C25H27NO8. The standard InChI is InChI=1S/C25H27NO8/c1-11(27)19-18(30)9-14-6-13-8-16-12(7-15(28)10-26(2)3)4-5-17(29)21(16)22(31)20(13)24(33)25(14,34)23(19)32/h4-5,13-14,29-30,33-34H,6-10H2,1-3H3/t13-,14+,25-/m1/s1. The third kappa shape index (κ3) is 3.47. The number of rotatable bonds is 5. The molecule has 0 spiro atoms. The van der Waals surface area contributed by atoms with Crippen molar-refractivity contribution in [1.29, 1.82) is 0 Å². The van der Waals surface area contributed by atoms with Crippen LogP contribution < -0.4 is 0 Å². The van der Waals surface area contributed by atoms with Gasteiger partial charge in [-0.2, -0.15) is 0 Å². The zero-order valence-electron chi connectivity index (χ0n) is 19.2.